The van der Waals surface area contributed by atoms with Crippen LogP contribution < -0.4 is 0 Å². The number of amides is 1. The summed E-state index contributed by atoms with van der Waals surface area (Å²) in [5.41, 5.74) is 2.38. The molecule has 2 aliphatic rings. The summed E-state index contributed by atoms with van der Waals surface area (Å²) in [7, 11) is 0. The van der Waals surface area contributed by atoms with Crippen LogP contribution >= 0.6 is 24.0 Å². The van der Waals surface area contributed by atoms with E-state index in [1.165, 1.54) is 36.6 Å². The van der Waals surface area contributed by atoms with E-state index >= 15 is 0 Å². The number of carbonyl (C=O) groups is 1. The van der Waals surface area contributed by atoms with E-state index in [4.69, 9.17) is 12.2 Å². The number of hydrogen-bond donors (Lipinski definition) is 0. The predicted octanol–water partition coefficient (Wildman–Crippen LogP) is 5.34. The molecule has 4 heteroatoms. The van der Waals surface area contributed by atoms with Crippen LogP contribution in [0.2, 0.25) is 0 Å². The topological polar surface area (TPSA) is 20.3 Å². The molecule has 1 saturated carbocycles. The fraction of sp³-hybridized carbons (Fsp3) is 0.474. The van der Waals surface area contributed by atoms with E-state index in [1.807, 2.05) is 11.0 Å². The van der Waals surface area contributed by atoms with Crippen molar-refractivity contribution in [3.05, 3.63) is 40.3 Å². The molecule has 1 aliphatic heterocycles. The number of thioether (sulfide) groups is 1. The summed E-state index contributed by atoms with van der Waals surface area (Å²) < 4.78 is 0.729. The standard InChI is InChI=1S/C19H23NOS2/c1-13(2)15-10-8-14(9-11-15)12-17-18(21)20(19(22)23-17)16-6-4-3-5-7-16/h8-13,16H,3-7H2,1-2H3/b17-12-. The van der Waals surface area contributed by atoms with Crippen molar-refractivity contribution in [1.29, 1.82) is 0 Å². The third kappa shape index (κ3) is 3.69. The molecular weight excluding hydrogens is 322 g/mol. The maximum atomic E-state index is 12.7. The molecule has 1 aromatic carbocycles. The van der Waals surface area contributed by atoms with E-state index in [0.717, 1.165) is 27.6 Å². The Morgan fingerprint density at radius 2 is 1.83 bits per heavy atom. The van der Waals surface area contributed by atoms with Crippen molar-refractivity contribution < 1.29 is 4.79 Å². The average molecular weight is 346 g/mol. The molecule has 1 aromatic rings. The summed E-state index contributed by atoms with van der Waals surface area (Å²) in [5.74, 6) is 0.619. The SMILES string of the molecule is CC(C)c1ccc(/C=C2\SC(=S)N(C3CCCCC3)C2=O)cc1. The van der Waals surface area contributed by atoms with Gasteiger partial charge in [-0.05, 0) is 36.0 Å². The van der Waals surface area contributed by atoms with Crippen LogP contribution in [0, 0.1) is 0 Å². The third-order valence-electron chi connectivity index (χ3n) is 4.66. The highest BCUT2D eigenvalue weighted by molar-refractivity contribution is 8.26. The molecule has 0 spiro atoms. The molecule has 1 saturated heterocycles. The lowest BCUT2D eigenvalue weighted by atomic mass is 9.94. The Morgan fingerprint density at radius 3 is 2.43 bits per heavy atom. The lowest BCUT2D eigenvalue weighted by Gasteiger charge is -2.29. The lowest BCUT2D eigenvalue weighted by molar-refractivity contribution is -0.124. The summed E-state index contributed by atoms with van der Waals surface area (Å²) in [6.45, 7) is 4.37. The van der Waals surface area contributed by atoms with Crippen molar-refractivity contribution >= 4 is 40.3 Å². The maximum Gasteiger partial charge on any atom is 0.266 e. The Balaban J connectivity index is 1.78. The minimum atomic E-state index is 0.0971. The second kappa shape index (κ2) is 7.18. The van der Waals surface area contributed by atoms with Gasteiger partial charge in [0.15, 0.2) is 0 Å². The Morgan fingerprint density at radius 1 is 1.17 bits per heavy atom. The Hall–Kier alpha value is -1.13. The van der Waals surface area contributed by atoms with Crippen LogP contribution in [0.1, 0.15) is 63.0 Å². The molecule has 0 atom stereocenters. The molecule has 0 aromatic heterocycles. The molecule has 0 bridgehead atoms. The lowest BCUT2D eigenvalue weighted by Crippen LogP contribution is -2.39. The van der Waals surface area contributed by atoms with Gasteiger partial charge >= 0.3 is 0 Å². The zero-order valence-electron chi connectivity index (χ0n) is 13.7. The van der Waals surface area contributed by atoms with E-state index in [9.17, 15) is 4.79 Å². The summed E-state index contributed by atoms with van der Waals surface area (Å²) in [6.07, 6.45) is 7.84. The Kier molecular flexibility index (Phi) is 5.22. The van der Waals surface area contributed by atoms with Crippen LogP contribution in [0.25, 0.3) is 6.08 Å². The number of thiocarbonyl (C=S) groups is 1. The first-order valence-electron chi connectivity index (χ1n) is 8.43. The van der Waals surface area contributed by atoms with Gasteiger partial charge in [0.1, 0.15) is 4.32 Å². The monoisotopic (exact) mass is 345 g/mol. The maximum absolute atomic E-state index is 12.7. The van der Waals surface area contributed by atoms with E-state index in [-0.39, 0.29) is 5.91 Å². The Bertz CT molecular complexity index is 627. The fourth-order valence-corrected chi connectivity index (χ4v) is 4.66. The average Bonchev–Trinajstić information content (AvgIpc) is 2.82. The van der Waals surface area contributed by atoms with Crippen LogP contribution in [-0.4, -0.2) is 21.2 Å². The first-order valence-corrected chi connectivity index (χ1v) is 9.66. The van der Waals surface area contributed by atoms with Gasteiger partial charge in [-0.1, -0.05) is 81.4 Å². The molecule has 1 heterocycles. The van der Waals surface area contributed by atoms with Crippen molar-refractivity contribution in [3.63, 3.8) is 0 Å². The largest absolute Gasteiger partial charge is 0.290 e. The van der Waals surface area contributed by atoms with Crippen LogP contribution in [-0.2, 0) is 4.79 Å². The van der Waals surface area contributed by atoms with Crippen molar-refractivity contribution in [2.75, 3.05) is 0 Å². The van der Waals surface area contributed by atoms with Gasteiger partial charge in [0.05, 0.1) is 4.91 Å². The molecule has 0 radical (unpaired) electrons. The summed E-state index contributed by atoms with van der Waals surface area (Å²) in [4.78, 5) is 15.4. The van der Waals surface area contributed by atoms with Gasteiger partial charge in [0.25, 0.3) is 5.91 Å². The second-order valence-electron chi connectivity index (χ2n) is 6.66. The van der Waals surface area contributed by atoms with Crippen molar-refractivity contribution in [3.8, 4) is 0 Å². The van der Waals surface area contributed by atoms with E-state index in [2.05, 4.69) is 38.1 Å². The first kappa shape index (κ1) is 16.7. The summed E-state index contributed by atoms with van der Waals surface area (Å²) in [6, 6.07) is 8.76. The molecule has 0 N–H and O–H groups in total. The van der Waals surface area contributed by atoms with E-state index < -0.39 is 0 Å². The van der Waals surface area contributed by atoms with E-state index in [0.29, 0.717) is 12.0 Å². The highest BCUT2D eigenvalue weighted by atomic mass is 32.2. The van der Waals surface area contributed by atoms with Crippen LogP contribution in [0.3, 0.4) is 0 Å². The van der Waals surface area contributed by atoms with Gasteiger partial charge in [-0.3, -0.25) is 9.69 Å². The third-order valence-corrected chi connectivity index (χ3v) is 5.99. The molecule has 122 valence electrons. The van der Waals surface area contributed by atoms with Crippen LogP contribution in [0.4, 0.5) is 0 Å². The second-order valence-corrected chi connectivity index (χ2v) is 8.34. The van der Waals surface area contributed by atoms with Crippen molar-refractivity contribution in [2.24, 2.45) is 0 Å². The zero-order valence-corrected chi connectivity index (χ0v) is 15.4. The quantitative estimate of drug-likeness (QED) is 0.544. The van der Waals surface area contributed by atoms with E-state index in [1.54, 1.807) is 0 Å². The number of hydrogen-bond acceptors (Lipinski definition) is 3. The van der Waals surface area contributed by atoms with Crippen molar-refractivity contribution in [1.82, 2.24) is 4.90 Å². The smallest absolute Gasteiger partial charge is 0.266 e. The van der Waals surface area contributed by atoms with Crippen molar-refractivity contribution in [2.45, 2.75) is 57.9 Å². The zero-order chi connectivity index (χ0) is 16.4. The van der Waals surface area contributed by atoms with Crippen LogP contribution in [0.5, 0.6) is 0 Å². The molecule has 1 aliphatic carbocycles. The molecule has 0 unspecified atom stereocenters. The predicted molar refractivity (Wildman–Crippen MR) is 102 cm³/mol. The number of carbonyl (C=O) groups excluding carboxylic acids is 1. The highest BCUT2D eigenvalue weighted by Gasteiger charge is 2.37. The first-order chi connectivity index (χ1) is 11.1. The van der Waals surface area contributed by atoms with Gasteiger partial charge in [0, 0.05) is 6.04 Å². The molecule has 2 fully saturated rings. The fourth-order valence-electron chi connectivity index (χ4n) is 3.26. The van der Waals surface area contributed by atoms with Gasteiger partial charge in [-0.2, -0.15) is 0 Å². The number of rotatable bonds is 3. The molecule has 23 heavy (non-hydrogen) atoms. The molecule has 1 amide bonds. The number of benzene rings is 1. The minimum Gasteiger partial charge on any atom is -0.290 e. The Labute approximate surface area is 148 Å². The molecule has 3 rings (SSSR count). The van der Waals surface area contributed by atoms with Crippen LogP contribution in [0.15, 0.2) is 29.2 Å². The minimum absolute atomic E-state index is 0.0971. The van der Waals surface area contributed by atoms with Gasteiger partial charge in [-0.25, -0.2) is 0 Å². The van der Waals surface area contributed by atoms with Gasteiger partial charge in [-0.15, -0.1) is 0 Å². The molecular formula is C19H23NOS2. The summed E-state index contributed by atoms with van der Waals surface area (Å²) >= 11 is 6.92. The number of nitrogens with zero attached hydrogens (tertiary/aromatic N) is 1. The van der Waals surface area contributed by atoms with Gasteiger partial charge in [0.2, 0.25) is 0 Å². The summed E-state index contributed by atoms with van der Waals surface area (Å²) in [5, 5.41) is 0. The molecule has 2 nitrogen and oxygen atoms in total. The normalized spacial score (nSPS) is 21.7. The highest BCUT2D eigenvalue weighted by Crippen LogP contribution is 2.37. The van der Waals surface area contributed by atoms with Gasteiger partial charge < -0.3 is 0 Å².